The van der Waals surface area contributed by atoms with Crippen molar-refractivity contribution in [2.45, 2.75) is 44.7 Å². The van der Waals surface area contributed by atoms with Crippen molar-refractivity contribution in [1.82, 2.24) is 10.2 Å². The summed E-state index contributed by atoms with van der Waals surface area (Å²) >= 11 is 0. The molecule has 2 aromatic carbocycles. The molecule has 0 aliphatic heterocycles. The third-order valence-electron chi connectivity index (χ3n) is 5.87. The average Bonchev–Trinajstić information content (AvgIpc) is 2.83. The van der Waals surface area contributed by atoms with Crippen LogP contribution in [0.3, 0.4) is 0 Å². The monoisotopic (exact) mass is 418 g/mol. The van der Waals surface area contributed by atoms with Crippen LogP contribution in [0.1, 0.15) is 48.0 Å². The third kappa shape index (κ3) is 5.67. The summed E-state index contributed by atoms with van der Waals surface area (Å²) in [6.07, 6.45) is 10.7. The molecule has 2 aromatic rings. The van der Waals surface area contributed by atoms with Gasteiger partial charge in [0, 0.05) is 6.54 Å². The van der Waals surface area contributed by atoms with Crippen molar-refractivity contribution in [1.29, 1.82) is 0 Å². The minimum absolute atomic E-state index is 0.0663. The lowest BCUT2D eigenvalue weighted by molar-refractivity contribution is -0.128. The van der Waals surface area contributed by atoms with E-state index in [0.29, 0.717) is 17.9 Å². The highest BCUT2D eigenvalue weighted by Gasteiger charge is 2.37. The molecule has 1 fully saturated rings. The van der Waals surface area contributed by atoms with E-state index in [1.807, 2.05) is 36.4 Å². The first-order chi connectivity index (χ1) is 15.2. The molecular weight excluding hydrogens is 388 g/mol. The van der Waals surface area contributed by atoms with Crippen LogP contribution in [0.4, 0.5) is 0 Å². The number of ether oxygens (including phenoxy) is 1. The van der Waals surface area contributed by atoms with Crippen LogP contribution >= 0.6 is 0 Å². The van der Waals surface area contributed by atoms with Crippen molar-refractivity contribution < 1.29 is 14.3 Å². The SMILES string of the molecule is C#CCN(C(=O)c1ccccc1OC)C(C(=O)NCc1ccccc1)C1CCCCC1. The predicted molar refractivity (Wildman–Crippen MR) is 122 cm³/mol. The first-order valence-electron chi connectivity index (χ1n) is 10.8. The molecule has 3 rings (SSSR count). The van der Waals surface area contributed by atoms with Crippen molar-refractivity contribution in [3.8, 4) is 18.1 Å². The van der Waals surface area contributed by atoms with E-state index in [2.05, 4.69) is 11.2 Å². The lowest BCUT2D eigenvalue weighted by Gasteiger charge is -2.37. The van der Waals surface area contributed by atoms with Gasteiger partial charge in [0.25, 0.3) is 5.91 Å². The number of amides is 2. The van der Waals surface area contributed by atoms with E-state index in [1.165, 1.54) is 7.11 Å². The number of benzene rings is 2. The molecular formula is C26H30N2O3. The Balaban J connectivity index is 1.89. The molecule has 1 aliphatic rings. The van der Waals surface area contributed by atoms with E-state index in [-0.39, 0.29) is 24.3 Å². The lowest BCUT2D eigenvalue weighted by atomic mass is 9.82. The van der Waals surface area contributed by atoms with Crippen molar-refractivity contribution in [3.63, 3.8) is 0 Å². The second-order valence-corrected chi connectivity index (χ2v) is 7.88. The van der Waals surface area contributed by atoms with E-state index in [4.69, 9.17) is 11.2 Å². The zero-order valence-corrected chi connectivity index (χ0v) is 18.0. The fourth-order valence-corrected chi connectivity index (χ4v) is 4.32. The highest BCUT2D eigenvalue weighted by molar-refractivity contribution is 6.00. The number of methoxy groups -OCH3 is 1. The molecule has 162 valence electrons. The molecule has 1 atom stereocenters. The number of para-hydroxylation sites is 1. The molecule has 1 unspecified atom stereocenters. The summed E-state index contributed by atoms with van der Waals surface area (Å²) in [5.74, 6) is 2.71. The maximum atomic E-state index is 13.5. The van der Waals surface area contributed by atoms with Gasteiger partial charge in [0.2, 0.25) is 5.91 Å². The zero-order valence-electron chi connectivity index (χ0n) is 18.0. The fraction of sp³-hybridized carbons (Fsp3) is 0.385. The van der Waals surface area contributed by atoms with Gasteiger partial charge in [-0.1, -0.05) is 67.6 Å². The maximum absolute atomic E-state index is 13.5. The van der Waals surface area contributed by atoms with Gasteiger partial charge in [-0.25, -0.2) is 0 Å². The summed E-state index contributed by atoms with van der Waals surface area (Å²) in [6, 6.07) is 16.2. The molecule has 5 nitrogen and oxygen atoms in total. The van der Waals surface area contributed by atoms with Crippen LogP contribution in [0.15, 0.2) is 54.6 Å². The molecule has 0 bridgehead atoms. The molecule has 0 saturated heterocycles. The number of hydrogen-bond donors (Lipinski definition) is 1. The Bertz CT molecular complexity index is 914. The number of hydrogen-bond acceptors (Lipinski definition) is 3. The van der Waals surface area contributed by atoms with Gasteiger partial charge in [0.1, 0.15) is 11.8 Å². The van der Waals surface area contributed by atoms with Crippen LogP contribution in [-0.4, -0.2) is 36.4 Å². The van der Waals surface area contributed by atoms with Crippen LogP contribution in [-0.2, 0) is 11.3 Å². The lowest BCUT2D eigenvalue weighted by Crippen LogP contribution is -2.53. The molecule has 5 heteroatoms. The highest BCUT2D eigenvalue weighted by Crippen LogP contribution is 2.31. The Kier molecular flexibility index (Phi) is 8.12. The Morgan fingerprint density at radius 3 is 2.45 bits per heavy atom. The predicted octanol–water partition coefficient (Wildman–Crippen LogP) is 4.04. The van der Waals surface area contributed by atoms with Gasteiger partial charge in [0.05, 0.1) is 19.2 Å². The molecule has 31 heavy (non-hydrogen) atoms. The van der Waals surface area contributed by atoms with E-state index >= 15 is 0 Å². The van der Waals surface area contributed by atoms with Crippen molar-refractivity contribution >= 4 is 11.8 Å². The van der Waals surface area contributed by atoms with Crippen LogP contribution in [0.2, 0.25) is 0 Å². The van der Waals surface area contributed by atoms with Gasteiger partial charge in [-0.05, 0) is 36.5 Å². The highest BCUT2D eigenvalue weighted by atomic mass is 16.5. The number of carbonyl (C=O) groups excluding carboxylic acids is 2. The molecule has 0 aromatic heterocycles. The van der Waals surface area contributed by atoms with Crippen molar-refractivity contribution in [2.24, 2.45) is 5.92 Å². The Labute approximate surface area is 184 Å². The van der Waals surface area contributed by atoms with E-state index < -0.39 is 6.04 Å². The van der Waals surface area contributed by atoms with Gasteiger partial charge in [-0.15, -0.1) is 6.42 Å². The van der Waals surface area contributed by atoms with Gasteiger partial charge in [-0.2, -0.15) is 0 Å². The summed E-state index contributed by atoms with van der Waals surface area (Å²) in [5.41, 5.74) is 1.43. The van der Waals surface area contributed by atoms with Gasteiger partial charge in [0.15, 0.2) is 0 Å². The smallest absolute Gasteiger partial charge is 0.259 e. The summed E-state index contributed by atoms with van der Waals surface area (Å²) in [5, 5.41) is 3.04. The van der Waals surface area contributed by atoms with Gasteiger partial charge in [-0.3, -0.25) is 9.59 Å². The second kappa shape index (κ2) is 11.2. The van der Waals surface area contributed by atoms with E-state index in [0.717, 1.165) is 37.7 Å². The van der Waals surface area contributed by atoms with Gasteiger partial charge < -0.3 is 15.0 Å². The summed E-state index contributed by atoms with van der Waals surface area (Å²) in [7, 11) is 1.53. The number of rotatable bonds is 8. The minimum Gasteiger partial charge on any atom is -0.496 e. The largest absolute Gasteiger partial charge is 0.496 e. The van der Waals surface area contributed by atoms with Crippen LogP contribution in [0, 0.1) is 18.3 Å². The summed E-state index contributed by atoms with van der Waals surface area (Å²) in [4.78, 5) is 28.5. The number of nitrogens with one attached hydrogen (secondary N) is 1. The number of nitrogens with zero attached hydrogens (tertiary/aromatic N) is 1. The fourth-order valence-electron chi connectivity index (χ4n) is 4.32. The maximum Gasteiger partial charge on any atom is 0.259 e. The Morgan fingerprint density at radius 1 is 1.10 bits per heavy atom. The van der Waals surface area contributed by atoms with E-state index in [9.17, 15) is 9.59 Å². The van der Waals surface area contributed by atoms with Crippen LogP contribution in [0.25, 0.3) is 0 Å². The molecule has 0 heterocycles. The minimum atomic E-state index is -0.613. The van der Waals surface area contributed by atoms with E-state index in [1.54, 1.807) is 23.1 Å². The average molecular weight is 419 g/mol. The van der Waals surface area contributed by atoms with Crippen LogP contribution < -0.4 is 10.1 Å². The van der Waals surface area contributed by atoms with Crippen LogP contribution in [0.5, 0.6) is 5.75 Å². The third-order valence-corrected chi connectivity index (χ3v) is 5.87. The Morgan fingerprint density at radius 2 is 1.77 bits per heavy atom. The first kappa shape index (κ1) is 22.4. The van der Waals surface area contributed by atoms with Gasteiger partial charge >= 0.3 is 0 Å². The Hall–Kier alpha value is -3.26. The number of terminal acetylenes is 1. The zero-order chi connectivity index (χ0) is 22.1. The molecule has 2 amide bonds. The first-order valence-corrected chi connectivity index (χ1v) is 10.8. The van der Waals surface area contributed by atoms with Crippen molar-refractivity contribution in [3.05, 3.63) is 65.7 Å². The quantitative estimate of drug-likeness (QED) is 0.659. The molecule has 1 N–H and O–H groups in total. The summed E-state index contributed by atoms with van der Waals surface area (Å²) < 4.78 is 5.39. The topological polar surface area (TPSA) is 58.6 Å². The number of carbonyl (C=O) groups is 2. The van der Waals surface area contributed by atoms with Crippen molar-refractivity contribution in [2.75, 3.05) is 13.7 Å². The molecule has 1 aliphatic carbocycles. The molecule has 0 radical (unpaired) electrons. The summed E-state index contributed by atoms with van der Waals surface area (Å²) in [6.45, 7) is 0.479. The normalized spacial score (nSPS) is 14.8. The molecule has 0 spiro atoms. The molecule has 1 saturated carbocycles. The second-order valence-electron chi connectivity index (χ2n) is 7.88. The standard InChI is InChI=1S/C26H30N2O3/c1-3-18-28(26(30)22-16-10-11-17-23(22)31-2)24(21-14-8-5-9-15-21)25(29)27-19-20-12-6-4-7-13-20/h1,4,6-7,10-13,16-17,21,24H,5,8-9,14-15,18-19H2,2H3,(H,27,29).